The van der Waals surface area contributed by atoms with Gasteiger partial charge in [0.1, 0.15) is 0 Å². The zero-order valence-electron chi connectivity index (χ0n) is 8.25. The molecule has 1 amide bonds. The molecule has 4 heteroatoms. The number of aliphatic hydroxyl groups is 1. The molecule has 1 aliphatic rings. The fourth-order valence-electron chi connectivity index (χ4n) is 1.43. The molecule has 0 radical (unpaired) electrons. The molecule has 1 fully saturated rings. The molecule has 0 spiro atoms. The van der Waals surface area contributed by atoms with Gasteiger partial charge in [-0.2, -0.15) is 0 Å². The van der Waals surface area contributed by atoms with E-state index in [0.29, 0.717) is 0 Å². The number of nitrogens with zero attached hydrogens (tertiary/aromatic N) is 1. The summed E-state index contributed by atoms with van der Waals surface area (Å²) < 4.78 is 0. The Morgan fingerprint density at radius 2 is 2.23 bits per heavy atom. The summed E-state index contributed by atoms with van der Waals surface area (Å²) in [5.74, 6) is 0.0922. The Hall–Kier alpha value is -0.0900. The molecule has 0 aromatic heterocycles. The molecule has 1 N–H and O–H groups in total. The Labute approximate surface area is 87.2 Å². The van der Waals surface area contributed by atoms with E-state index in [1.165, 1.54) is 0 Å². The van der Waals surface area contributed by atoms with Gasteiger partial charge in [0.25, 0.3) is 0 Å². The van der Waals surface area contributed by atoms with Crippen LogP contribution in [0.2, 0.25) is 0 Å². The number of likely N-dealkylation sites (tertiary alicyclic amines) is 1. The minimum Gasteiger partial charge on any atom is -0.388 e. The lowest BCUT2D eigenvalue weighted by Gasteiger charge is -2.33. The van der Waals surface area contributed by atoms with Crippen LogP contribution in [-0.2, 0) is 4.79 Å². The van der Waals surface area contributed by atoms with Gasteiger partial charge in [0.05, 0.1) is 16.5 Å². The van der Waals surface area contributed by atoms with Gasteiger partial charge in [-0.25, -0.2) is 0 Å². The molecule has 1 rings (SSSR count). The number of hydrogen-bond acceptors (Lipinski definition) is 2. The maximum absolute atomic E-state index is 11.6. The van der Waals surface area contributed by atoms with E-state index in [0.717, 1.165) is 13.0 Å². The van der Waals surface area contributed by atoms with Crippen LogP contribution in [-0.4, -0.2) is 38.9 Å². The van der Waals surface area contributed by atoms with Crippen LogP contribution >= 0.6 is 15.9 Å². The fraction of sp³-hybridized carbons (Fsp3) is 0.889. The van der Waals surface area contributed by atoms with E-state index in [1.807, 2.05) is 6.92 Å². The third kappa shape index (κ3) is 2.23. The van der Waals surface area contributed by atoms with Crippen LogP contribution in [0.15, 0.2) is 0 Å². The first kappa shape index (κ1) is 11.0. The summed E-state index contributed by atoms with van der Waals surface area (Å²) in [6, 6.07) is -0.123. The van der Waals surface area contributed by atoms with Gasteiger partial charge < -0.3 is 10.0 Å². The molecule has 1 heterocycles. The monoisotopic (exact) mass is 249 g/mol. The van der Waals surface area contributed by atoms with Crippen LogP contribution in [0.3, 0.4) is 0 Å². The summed E-state index contributed by atoms with van der Waals surface area (Å²) in [5.41, 5.74) is -0.827. The third-order valence-electron chi connectivity index (χ3n) is 2.66. The van der Waals surface area contributed by atoms with Gasteiger partial charge in [0, 0.05) is 6.54 Å². The van der Waals surface area contributed by atoms with E-state index < -0.39 is 5.60 Å². The number of alkyl halides is 1. The molecule has 76 valence electrons. The van der Waals surface area contributed by atoms with Crippen LogP contribution in [0.1, 0.15) is 27.2 Å². The minimum atomic E-state index is -0.827. The zero-order valence-corrected chi connectivity index (χ0v) is 9.84. The van der Waals surface area contributed by atoms with Gasteiger partial charge in [0.15, 0.2) is 0 Å². The lowest BCUT2D eigenvalue weighted by Crippen LogP contribution is -2.48. The number of hydrogen-bond donors (Lipinski definition) is 1. The molecule has 0 aliphatic carbocycles. The van der Waals surface area contributed by atoms with Crippen molar-refractivity contribution in [3.05, 3.63) is 0 Å². The molecule has 0 saturated carbocycles. The first-order valence-corrected chi connectivity index (χ1v) is 5.42. The van der Waals surface area contributed by atoms with Crippen molar-refractivity contribution >= 4 is 21.8 Å². The van der Waals surface area contributed by atoms with Gasteiger partial charge in [-0.1, -0.05) is 15.9 Å². The third-order valence-corrected chi connectivity index (χ3v) is 3.51. The summed E-state index contributed by atoms with van der Waals surface area (Å²) in [4.78, 5) is 13.2. The second-order valence-corrected chi connectivity index (χ2v) is 5.22. The normalized spacial score (nSPS) is 26.7. The predicted octanol–water partition coefficient (Wildman–Crippen LogP) is 1.14. The molecular formula is C9H16BrNO2. The minimum absolute atomic E-state index is 0.0581. The van der Waals surface area contributed by atoms with Crippen molar-refractivity contribution in [3.8, 4) is 0 Å². The first-order chi connectivity index (χ1) is 5.84. The highest BCUT2D eigenvalue weighted by atomic mass is 79.9. The molecule has 2 unspecified atom stereocenters. The maximum atomic E-state index is 11.6. The van der Waals surface area contributed by atoms with E-state index in [1.54, 1.807) is 18.7 Å². The van der Waals surface area contributed by atoms with Crippen molar-refractivity contribution < 1.29 is 9.90 Å². The van der Waals surface area contributed by atoms with E-state index in [2.05, 4.69) is 15.9 Å². The van der Waals surface area contributed by atoms with Gasteiger partial charge in [-0.3, -0.25) is 4.79 Å². The fourth-order valence-corrected chi connectivity index (χ4v) is 1.90. The molecular weight excluding hydrogens is 234 g/mol. The number of carbonyl (C=O) groups excluding carboxylic acids is 1. The van der Waals surface area contributed by atoms with E-state index in [9.17, 15) is 9.90 Å². The largest absolute Gasteiger partial charge is 0.388 e. The predicted molar refractivity (Wildman–Crippen MR) is 54.8 cm³/mol. The van der Waals surface area contributed by atoms with Crippen molar-refractivity contribution in [2.75, 3.05) is 6.54 Å². The van der Waals surface area contributed by atoms with Gasteiger partial charge in [-0.05, 0) is 27.2 Å². The lowest BCUT2D eigenvalue weighted by molar-refractivity contribution is -0.133. The number of carbonyl (C=O) groups is 1. The molecule has 2 atom stereocenters. The lowest BCUT2D eigenvalue weighted by atomic mass is 9.99. The van der Waals surface area contributed by atoms with Crippen LogP contribution < -0.4 is 0 Å². The van der Waals surface area contributed by atoms with E-state index in [4.69, 9.17) is 0 Å². The Morgan fingerprint density at radius 1 is 1.69 bits per heavy atom. The van der Waals surface area contributed by atoms with Crippen molar-refractivity contribution in [3.63, 3.8) is 0 Å². The molecule has 0 aromatic rings. The smallest absolute Gasteiger partial charge is 0.236 e. The number of amides is 1. The Balaban J connectivity index is 2.69. The molecule has 13 heavy (non-hydrogen) atoms. The van der Waals surface area contributed by atoms with Crippen molar-refractivity contribution in [1.82, 2.24) is 4.90 Å². The van der Waals surface area contributed by atoms with E-state index >= 15 is 0 Å². The molecule has 0 aromatic carbocycles. The highest BCUT2D eigenvalue weighted by Crippen LogP contribution is 2.25. The Morgan fingerprint density at radius 3 is 2.54 bits per heavy atom. The average Bonchev–Trinajstić information content (AvgIpc) is 2.30. The van der Waals surface area contributed by atoms with Gasteiger partial charge in [-0.15, -0.1) is 0 Å². The van der Waals surface area contributed by atoms with Gasteiger partial charge in [0.2, 0.25) is 5.91 Å². The topological polar surface area (TPSA) is 40.5 Å². The van der Waals surface area contributed by atoms with Crippen molar-refractivity contribution in [2.45, 2.75) is 43.7 Å². The molecule has 0 bridgehead atoms. The maximum Gasteiger partial charge on any atom is 0.236 e. The first-order valence-electron chi connectivity index (χ1n) is 4.51. The van der Waals surface area contributed by atoms with Gasteiger partial charge >= 0.3 is 0 Å². The molecule has 1 aliphatic heterocycles. The molecule has 1 saturated heterocycles. The highest BCUT2D eigenvalue weighted by Gasteiger charge is 2.37. The summed E-state index contributed by atoms with van der Waals surface area (Å²) in [7, 11) is 0. The van der Waals surface area contributed by atoms with Crippen LogP contribution in [0.5, 0.6) is 0 Å². The number of halogens is 1. The van der Waals surface area contributed by atoms with Crippen LogP contribution in [0.25, 0.3) is 0 Å². The highest BCUT2D eigenvalue weighted by molar-refractivity contribution is 9.10. The standard InChI is InChI=1S/C9H16BrNO2/c1-6(9(2,3)13)11-5-4-7(10)8(11)12/h6-7,13H,4-5H2,1-3H3. The SMILES string of the molecule is CC(N1CCC(Br)C1=O)C(C)(C)O. The zero-order chi connectivity index (χ0) is 10.2. The summed E-state index contributed by atoms with van der Waals surface area (Å²) in [6.45, 7) is 6.07. The summed E-state index contributed by atoms with van der Waals surface area (Å²) in [5, 5.41) is 9.74. The second kappa shape index (κ2) is 3.58. The Kier molecular flexibility index (Phi) is 3.02. The quantitative estimate of drug-likeness (QED) is 0.746. The second-order valence-electron chi connectivity index (χ2n) is 4.12. The number of rotatable bonds is 2. The summed E-state index contributed by atoms with van der Waals surface area (Å²) >= 11 is 3.31. The average molecular weight is 250 g/mol. The van der Waals surface area contributed by atoms with E-state index in [-0.39, 0.29) is 16.8 Å². The van der Waals surface area contributed by atoms with Crippen molar-refractivity contribution in [1.29, 1.82) is 0 Å². The summed E-state index contributed by atoms with van der Waals surface area (Å²) in [6.07, 6.45) is 0.833. The Bertz CT molecular complexity index is 212. The van der Waals surface area contributed by atoms with Crippen molar-refractivity contribution in [2.24, 2.45) is 0 Å². The van der Waals surface area contributed by atoms with Crippen LogP contribution in [0.4, 0.5) is 0 Å². The van der Waals surface area contributed by atoms with Crippen LogP contribution in [0, 0.1) is 0 Å². The molecule has 3 nitrogen and oxygen atoms in total.